The van der Waals surface area contributed by atoms with Gasteiger partial charge in [0.25, 0.3) is 0 Å². The van der Waals surface area contributed by atoms with Gasteiger partial charge in [0.15, 0.2) is 9.84 Å². The molecule has 3 aliphatic rings. The van der Waals surface area contributed by atoms with Gasteiger partial charge in [0.05, 0.1) is 9.88 Å². The molecule has 3 saturated carbocycles. The third kappa shape index (κ3) is 2.81. The third-order valence-electron chi connectivity index (χ3n) is 5.85. The first-order chi connectivity index (χ1) is 10.2. The van der Waals surface area contributed by atoms with Crippen molar-refractivity contribution >= 4 is 27.0 Å². The van der Waals surface area contributed by atoms with Crippen molar-refractivity contribution in [3.63, 3.8) is 0 Å². The van der Waals surface area contributed by atoms with Crippen LogP contribution in [0.15, 0.2) is 29.2 Å². The van der Waals surface area contributed by atoms with Gasteiger partial charge < -0.3 is 5.73 Å². The molecule has 4 rings (SSSR count). The van der Waals surface area contributed by atoms with E-state index in [2.05, 4.69) is 0 Å². The van der Waals surface area contributed by atoms with Crippen molar-refractivity contribution in [1.29, 1.82) is 0 Å². The van der Waals surface area contributed by atoms with Crippen molar-refractivity contribution in [2.24, 2.45) is 11.1 Å². The maximum absolute atomic E-state index is 11.6. The van der Waals surface area contributed by atoms with E-state index in [1.807, 2.05) is 12.1 Å². The monoisotopic (exact) mass is 337 g/mol. The summed E-state index contributed by atoms with van der Waals surface area (Å²) >= 11 is 5.12. The molecule has 0 unspecified atom stereocenters. The number of hydrogen-bond acceptors (Lipinski definition) is 3. The number of rotatable bonds is 4. The molecule has 3 nitrogen and oxygen atoms in total. The summed E-state index contributed by atoms with van der Waals surface area (Å²) in [4.78, 5) is 1.05. The van der Waals surface area contributed by atoms with Crippen LogP contribution in [0.2, 0.25) is 0 Å². The number of sulfone groups is 1. The first-order valence-corrected chi connectivity index (χ1v) is 10.1. The molecule has 0 saturated heterocycles. The molecule has 0 heterocycles. The van der Waals surface area contributed by atoms with Crippen molar-refractivity contribution < 1.29 is 8.42 Å². The number of hydrogen-bond donors (Lipinski definition) is 1. The molecule has 1 aromatic carbocycles. The predicted molar refractivity (Wildman–Crippen MR) is 92.8 cm³/mol. The Balaban J connectivity index is 1.82. The second-order valence-electron chi connectivity index (χ2n) is 7.22. The van der Waals surface area contributed by atoms with Gasteiger partial charge >= 0.3 is 0 Å². The van der Waals surface area contributed by atoms with Crippen molar-refractivity contribution in [3.8, 4) is 0 Å². The maximum atomic E-state index is 11.6. The van der Waals surface area contributed by atoms with E-state index < -0.39 is 9.84 Å². The summed E-state index contributed by atoms with van der Waals surface area (Å²) < 4.78 is 23.2. The molecule has 1 aromatic rings. The summed E-state index contributed by atoms with van der Waals surface area (Å²) in [6.07, 6.45) is 9.15. The van der Waals surface area contributed by atoms with Crippen LogP contribution >= 0.6 is 12.2 Å². The summed E-state index contributed by atoms with van der Waals surface area (Å²) in [7, 11) is -3.12. The van der Waals surface area contributed by atoms with E-state index in [1.54, 1.807) is 12.1 Å². The molecule has 2 N–H and O–H groups in total. The van der Waals surface area contributed by atoms with Crippen LogP contribution in [0.5, 0.6) is 0 Å². The summed E-state index contributed by atoms with van der Waals surface area (Å²) in [5.41, 5.74) is 7.64. The number of fused-ring (bicyclic) bond motifs is 3. The lowest BCUT2D eigenvalue weighted by Gasteiger charge is -2.54. The summed E-state index contributed by atoms with van der Waals surface area (Å²) in [5.74, 6) is 0. The molecular weight excluding hydrogens is 314 g/mol. The van der Waals surface area contributed by atoms with Crippen LogP contribution in [0.4, 0.5) is 0 Å². The number of nitrogens with two attached hydrogens (primary N) is 1. The second kappa shape index (κ2) is 5.31. The number of thiocarbonyl (C=S) groups is 1. The molecule has 3 aliphatic carbocycles. The molecule has 5 heteroatoms. The van der Waals surface area contributed by atoms with Crippen LogP contribution < -0.4 is 5.73 Å². The highest BCUT2D eigenvalue weighted by Crippen LogP contribution is 2.59. The van der Waals surface area contributed by atoms with Crippen LogP contribution in [-0.2, 0) is 15.3 Å². The van der Waals surface area contributed by atoms with E-state index >= 15 is 0 Å². The van der Waals surface area contributed by atoms with Gasteiger partial charge in [0, 0.05) is 12.7 Å². The Morgan fingerprint density at radius 3 is 2.00 bits per heavy atom. The third-order valence-corrected chi connectivity index (χ3v) is 7.12. The molecule has 120 valence electrons. The van der Waals surface area contributed by atoms with Crippen molar-refractivity contribution in [2.45, 2.75) is 55.3 Å². The second-order valence-corrected chi connectivity index (χ2v) is 9.76. The van der Waals surface area contributed by atoms with Gasteiger partial charge in [-0.05, 0) is 67.1 Å². The lowest BCUT2D eigenvalue weighted by molar-refractivity contribution is 0.0460. The highest BCUT2D eigenvalue weighted by Gasteiger charge is 2.49. The maximum Gasteiger partial charge on any atom is 0.175 e. The van der Waals surface area contributed by atoms with Crippen molar-refractivity contribution in [2.75, 3.05) is 6.26 Å². The van der Waals surface area contributed by atoms with Crippen molar-refractivity contribution in [3.05, 3.63) is 29.8 Å². The van der Waals surface area contributed by atoms with Gasteiger partial charge in [0.1, 0.15) is 0 Å². The van der Waals surface area contributed by atoms with Gasteiger partial charge in [0.2, 0.25) is 0 Å². The zero-order valence-corrected chi connectivity index (χ0v) is 14.6. The average molecular weight is 338 g/mol. The fourth-order valence-corrected chi connectivity index (χ4v) is 5.32. The Kier molecular flexibility index (Phi) is 3.84. The average Bonchev–Trinajstić information content (AvgIpc) is 2.47. The first-order valence-electron chi connectivity index (χ1n) is 7.84. The standard InChI is InChI=1S/C17H23NO2S2/c1-22(19,20)14-4-2-13(3-5-14)17-9-6-16(7-10-17,8-11-17)12-15(18)21/h2-5H,6-12H2,1H3,(H2,18,21). The van der Waals surface area contributed by atoms with E-state index in [4.69, 9.17) is 18.0 Å². The topological polar surface area (TPSA) is 60.2 Å². The summed E-state index contributed by atoms with van der Waals surface area (Å²) in [6, 6.07) is 7.54. The molecule has 22 heavy (non-hydrogen) atoms. The largest absolute Gasteiger partial charge is 0.393 e. The number of benzene rings is 1. The van der Waals surface area contributed by atoms with Gasteiger partial charge in [-0.15, -0.1) is 0 Å². The molecule has 0 aliphatic heterocycles. The predicted octanol–water partition coefficient (Wildman–Crippen LogP) is 3.36. The molecule has 0 amide bonds. The minimum Gasteiger partial charge on any atom is -0.393 e. The van der Waals surface area contributed by atoms with Crippen LogP contribution in [0, 0.1) is 5.41 Å². The van der Waals surface area contributed by atoms with Crippen LogP contribution in [0.25, 0.3) is 0 Å². The molecule has 0 radical (unpaired) electrons. The van der Waals surface area contributed by atoms with E-state index in [1.165, 1.54) is 31.1 Å². The van der Waals surface area contributed by atoms with E-state index in [9.17, 15) is 8.42 Å². The van der Waals surface area contributed by atoms with Crippen molar-refractivity contribution in [1.82, 2.24) is 0 Å². The Bertz CT molecular complexity index is 667. The van der Waals surface area contributed by atoms with Gasteiger partial charge in [-0.25, -0.2) is 8.42 Å². The lowest BCUT2D eigenvalue weighted by atomic mass is 9.51. The summed E-state index contributed by atoms with van der Waals surface area (Å²) in [5, 5.41) is 0. The fourth-order valence-electron chi connectivity index (χ4n) is 4.39. The highest BCUT2D eigenvalue weighted by molar-refractivity contribution is 7.90. The van der Waals surface area contributed by atoms with Crippen LogP contribution in [0.1, 0.15) is 50.5 Å². The minimum atomic E-state index is -3.12. The van der Waals surface area contributed by atoms with Gasteiger partial charge in [-0.1, -0.05) is 24.4 Å². The first kappa shape index (κ1) is 15.9. The Hall–Kier alpha value is -0.940. The van der Waals surface area contributed by atoms with Gasteiger partial charge in [-0.2, -0.15) is 0 Å². The molecule has 3 fully saturated rings. The zero-order chi connectivity index (χ0) is 16.0. The fraction of sp³-hybridized carbons (Fsp3) is 0.588. The van der Waals surface area contributed by atoms with E-state index in [-0.39, 0.29) is 5.41 Å². The zero-order valence-electron chi connectivity index (χ0n) is 13.0. The smallest absolute Gasteiger partial charge is 0.175 e. The minimum absolute atomic E-state index is 0.230. The van der Waals surface area contributed by atoms with Crippen LogP contribution in [-0.4, -0.2) is 19.7 Å². The van der Waals surface area contributed by atoms with Gasteiger partial charge in [-0.3, -0.25) is 0 Å². The molecule has 0 atom stereocenters. The Labute approximate surface area is 138 Å². The lowest BCUT2D eigenvalue weighted by Crippen LogP contribution is -2.45. The highest BCUT2D eigenvalue weighted by atomic mass is 32.2. The SMILES string of the molecule is CS(=O)(=O)c1ccc(C23CCC(CC(N)=S)(CC2)CC3)cc1. The quantitative estimate of drug-likeness (QED) is 0.856. The Morgan fingerprint density at radius 2 is 1.59 bits per heavy atom. The normalized spacial score (nSPS) is 31.1. The molecule has 2 bridgehead atoms. The summed E-state index contributed by atoms with van der Waals surface area (Å²) in [6.45, 7) is 0. The van der Waals surface area contributed by atoms with E-state index in [0.717, 1.165) is 25.7 Å². The Morgan fingerprint density at radius 1 is 1.09 bits per heavy atom. The van der Waals surface area contributed by atoms with Crippen LogP contribution in [0.3, 0.4) is 0 Å². The molecular formula is C17H23NO2S2. The molecule has 0 aromatic heterocycles. The molecule has 0 spiro atoms. The van der Waals surface area contributed by atoms with E-state index in [0.29, 0.717) is 15.3 Å².